The summed E-state index contributed by atoms with van der Waals surface area (Å²) in [5.41, 5.74) is 0.0482. The van der Waals surface area contributed by atoms with Gasteiger partial charge in [-0.05, 0) is 12.3 Å². The first-order valence-electron chi connectivity index (χ1n) is 8.65. The molecule has 24 heavy (non-hydrogen) atoms. The Morgan fingerprint density at radius 3 is 2.50 bits per heavy atom. The second-order valence-electron chi connectivity index (χ2n) is 7.19. The molecule has 2 N–H and O–H groups in total. The lowest BCUT2D eigenvalue weighted by Gasteiger charge is -2.28. The van der Waals surface area contributed by atoms with Gasteiger partial charge in [-0.3, -0.25) is 4.99 Å². The first-order valence-corrected chi connectivity index (χ1v) is 8.65. The Hall–Kier alpha value is -1.63. The van der Waals surface area contributed by atoms with Crippen molar-refractivity contribution >= 4 is 5.96 Å². The Labute approximate surface area is 145 Å². The highest BCUT2D eigenvalue weighted by Gasteiger charge is 2.24. The van der Waals surface area contributed by atoms with Crippen LogP contribution in [0, 0.1) is 5.41 Å². The summed E-state index contributed by atoms with van der Waals surface area (Å²) in [6, 6.07) is 0. The van der Waals surface area contributed by atoms with Gasteiger partial charge < -0.3 is 19.9 Å². The third-order valence-electron chi connectivity index (χ3n) is 3.64. The Morgan fingerprint density at radius 2 is 2.00 bits per heavy atom. The van der Waals surface area contributed by atoms with Crippen LogP contribution in [-0.4, -0.2) is 48.9 Å². The Kier molecular flexibility index (Phi) is 8.18. The van der Waals surface area contributed by atoms with Crippen LogP contribution in [0.4, 0.5) is 0 Å². The smallest absolute Gasteiger partial charge is 0.228 e. The van der Waals surface area contributed by atoms with Gasteiger partial charge in [0.05, 0.1) is 12.6 Å². The van der Waals surface area contributed by atoms with Crippen LogP contribution in [-0.2, 0) is 11.2 Å². The molecule has 0 amide bonds. The Morgan fingerprint density at radius 1 is 1.29 bits per heavy atom. The van der Waals surface area contributed by atoms with E-state index in [1.54, 1.807) is 7.11 Å². The van der Waals surface area contributed by atoms with E-state index >= 15 is 0 Å². The van der Waals surface area contributed by atoms with Crippen molar-refractivity contribution in [1.29, 1.82) is 0 Å². The number of hydrogen-bond donors (Lipinski definition) is 2. The number of rotatable bonds is 8. The van der Waals surface area contributed by atoms with Crippen molar-refractivity contribution in [1.82, 2.24) is 20.8 Å². The number of aromatic nitrogens is 2. The largest absolute Gasteiger partial charge is 0.379 e. The van der Waals surface area contributed by atoms with E-state index in [1.165, 1.54) is 0 Å². The lowest BCUT2D eigenvalue weighted by atomic mass is 9.89. The number of hydrogen-bond acceptors (Lipinski definition) is 5. The van der Waals surface area contributed by atoms with Crippen LogP contribution in [0.5, 0.6) is 0 Å². The summed E-state index contributed by atoms with van der Waals surface area (Å²) in [6.07, 6.45) is 0.731. The minimum Gasteiger partial charge on any atom is -0.379 e. The van der Waals surface area contributed by atoms with Crippen molar-refractivity contribution in [2.24, 2.45) is 10.4 Å². The number of methoxy groups -OCH3 is 1. The van der Waals surface area contributed by atoms with Gasteiger partial charge in [0.15, 0.2) is 11.8 Å². The van der Waals surface area contributed by atoms with E-state index < -0.39 is 0 Å². The molecule has 0 bridgehead atoms. The molecule has 0 spiro atoms. The van der Waals surface area contributed by atoms with E-state index in [9.17, 15) is 0 Å². The van der Waals surface area contributed by atoms with Crippen LogP contribution in [0.2, 0.25) is 0 Å². The molecular formula is C17H33N5O2. The summed E-state index contributed by atoms with van der Waals surface area (Å²) in [7, 11) is 1.73. The van der Waals surface area contributed by atoms with Crippen molar-refractivity contribution in [2.45, 2.75) is 60.0 Å². The molecule has 0 aliphatic rings. The van der Waals surface area contributed by atoms with Gasteiger partial charge in [-0.25, -0.2) is 0 Å². The fourth-order valence-electron chi connectivity index (χ4n) is 2.11. The summed E-state index contributed by atoms with van der Waals surface area (Å²) >= 11 is 0. The normalized spacial score (nSPS) is 14.1. The van der Waals surface area contributed by atoms with Crippen LogP contribution in [0.1, 0.15) is 59.2 Å². The summed E-state index contributed by atoms with van der Waals surface area (Å²) in [6.45, 7) is 14.7. The van der Waals surface area contributed by atoms with Gasteiger partial charge in [-0.15, -0.1) is 0 Å². The summed E-state index contributed by atoms with van der Waals surface area (Å²) in [5, 5.41) is 10.5. The molecule has 0 aliphatic heterocycles. The molecule has 0 aromatic carbocycles. The Balaban J connectivity index is 2.54. The molecule has 7 nitrogen and oxygen atoms in total. The summed E-state index contributed by atoms with van der Waals surface area (Å²) in [5.74, 6) is 2.44. The fourth-order valence-corrected chi connectivity index (χ4v) is 2.11. The molecule has 138 valence electrons. The highest BCUT2D eigenvalue weighted by Crippen LogP contribution is 2.21. The van der Waals surface area contributed by atoms with Crippen LogP contribution in [0.3, 0.4) is 0 Å². The minimum atomic E-state index is 0.0482. The predicted molar refractivity (Wildman–Crippen MR) is 96.3 cm³/mol. The van der Waals surface area contributed by atoms with Gasteiger partial charge in [-0.1, -0.05) is 39.8 Å². The van der Waals surface area contributed by atoms with Gasteiger partial charge in [0.1, 0.15) is 0 Å². The van der Waals surface area contributed by atoms with Crippen molar-refractivity contribution in [2.75, 3.05) is 26.7 Å². The van der Waals surface area contributed by atoms with E-state index in [2.05, 4.69) is 46.5 Å². The lowest BCUT2D eigenvalue weighted by molar-refractivity contribution is 0.0241. The van der Waals surface area contributed by atoms with E-state index in [-0.39, 0.29) is 17.4 Å². The molecule has 0 saturated heterocycles. The maximum atomic E-state index is 5.55. The average Bonchev–Trinajstić information content (AvgIpc) is 2.95. The summed E-state index contributed by atoms with van der Waals surface area (Å²) < 4.78 is 10.8. The first-order chi connectivity index (χ1) is 11.3. The van der Waals surface area contributed by atoms with Gasteiger partial charge in [0.25, 0.3) is 0 Å². The van der Waals surface area contributed by atoms with E-state index in [4.69, 9.17) is 9.26 Å². The molecule has 1 heterocycles. The standard InChI is InChI=1S/C17H33N5O2/c1-8-18-16(20-11-13(23-7)17(4,5)6)19-10-9-14-21-15(12(2)3)22-24-14/h12-13H,8-11H2,1-7H3,(H2,18,19,20). The minimum absolute atomic E-state index is 0.0482. The fraction of sp³-hybridized carbons (Fsp3) is 0.824. The van der Waals surface area contributed by atoms with E-state index in [0.29, 0.717) is 25.4 Å². The van der Waals surface area contributed by atoms with Crippen molar-refractivity contribution < 1.29 is 9.26 Å². The molecule has 0 aliphatic carbocycles. The van der Waals surface area contributed by atoms with E-state index in [0.717, 1.165) is 18.3 Å². The van der Waals surface area contributed by atoms with Gasteiger partial charge in [0.2, 0.25) is 5.89 Å². The zero-order chi connectivity index (χ0) is 18.2. The Bertz CT molecular complexity index is 505. The van der Waals surface area contributed by atoms with Crippen LogP contribution >= 0.6 is 0 Å². The topological polar surface area (TPSA) is 84.6 Å². The number of guanidine groups is 1. The SMILES string of the molecule is CCNC(=NCC(OC)C(C)(C)C)NCCc1nc(C(C)C)no1. The van der Waals surface area contributed by atoms with Crippen LogP contribution in [0.25, 0.3) is 0 Å². The van der Waals surface area contributed by atoms with Crippen molar-refractivity contribution in [3.8, 4) is 0 Å². The van der Waals surface area contributed by atoms with Crippen molar-refractivity contribution in [3.05, 3.63) is 11.7 Å². The molecule has 0 radical (unpaired) electrons. The molecule has 0 fully saturated rings. The predicted octanol–water partition coefficient (Wildman–Crippen LogP) is 2.35. The van der Waals surface area contributed by atoms with E-state index in [1.807, 2.05) is 20.8 Å². The first kappa shape index (κ1) is 20.4. The maximum Gasteiger partial charge on any atom is 0.228 e. The van der Waals surface area contributed by atoms with Gasteiger partial charge >= 0.3 is 0 Å². The van der Waals surface area contributed by atoms with Gasteiger partial charge in [-0.2, -0.15) is 4.98 Å². The van der Waals surface area contributed by atoms with Gasteiger partial charge in [0, 0.05) is 32.5 Å². The number of nitrogens with zero attached hydrogens (tertiary/aromatic N) is 3. The zero-order valence-electron chi connectivity index (χ0n) is 16.1. The number of nitrogens with one attached hydrogen (secondary N) is 2. The monoisotopic (exact) mass is 339 g/mol. The molecule has 1 atom stereocenters. The third-order valence-corrected chi connectivity index (χ3v) is 3.64. The molecule has 0 saturated carbocycles. The molecule has 7 heteroatoms. The highest BCUT2D eigenvalue weighted by molar-refractivity contribution is 5.79. The average molecular weight is 339 g/mol. The number of aliphatic imine (C=N–C) groups is 1. The number of ether oxygens (including phenoxy) is 1. The molecule has 1 aromatic rings. The molecule has 1 aromatic heterocycles. The molecule has 1 rings (SSSR count). The molecular weight excluding hydrogens is 306 g/mol. The lowest BCUT2D eigenvalue weighted by Crippen LogP contribution is -2.40. The summed E-state index contributed by atoms with van der Waals surface area (Å²) in [4.78, 5) is 8.99. The zero-order valence-corrected chi connectivity index (χ0v) is 16.1. The van der Waals surface area contributed by atoms with Crippen molar-refractivity contribution in [3.63, 3.8) is 0 Å². The maximum absolute atomic E-state index is 5.55. The second kappa shape index (κ2) is 9.61. The van der Waals surface area contributed by atoms with Crippen LogP contribution < -0.4 is 10.6 Å². The molecule has 1 unspecified atom stereocenters. The highest BCUT2D eigenvalue weighted by atomic mass is 16.5. The third kappa shape index (κ3) is 6.86. The second-order valence-corrected chi connectivity index (χ2v) is 7.19. The quantitative estimate of drug-likeness (QED) is 0.559. The van der Waals surface area contributed by atoms with Crippen LogP contribution in [0.15, 0.2) is 9.52 Å².